The molecule has 32 heavy (non-hydrogen) atoms. The van der Waals surface area contributed by atoms with E-state index in [1.54, 1.807) is 37.3 Å². The van der Waals surface area contributed by atoms with E-state index in [1.165, 1.54) is 38.5 Å². The second-order valence-corrected chi connectivity index (χ2v) is 8.86. The van der Waals surface area contributed by atoms with Crippen molar-refractivity contribution in [2.24, 2.45) is 5.10 Å². The van der Waals surface area contributed by atoms with Gasteiger partial charge in [-0.05, 0) is 64.8 Å². The van der Waals surface area contributed by atoms with Crippen LogP contribution in [-0.4, -0.2) is 34.3 Å². The van der Waals surface area contributed by atoms with Crippen LogP contribution in [0.2, 0.25) is 0 Å². The number of rotatable bonds is 8. The molecule has 0 aliphatic heterocycles. The quantitative estimate of drug-likeness (QED) is 0.341. The Bertz CT molecular complexity index is 1270. The molecule has 0 spiro atoms. The molecular weight excluding hydrogens is 502 g/mol. The van der Waals surface area contributed by atoms with Gasteiger partial charge in [0, 0.05) is 11.8 Å². The van der Waals surface area contributed by atoms with Crippen LogP contribution >= 0.6 is 15.9 Å². The lowest BCUT2D eigenvalue weighted by atomic mass is 10.1. The van der Waals surface area contributed by atoms with Gasteiger partial charge in [-0.1, -0.05) is 12.1 Å². The fourth-order valence-electron chi connectivity index (χ4n) is 2.69. The topological polar surface area (TPSA) is 119 Å². The van der Waals surface area contributed by atoms with E-state index in [0.29, 0.717) is 27.4 Å². The molecule has 0 saturated heterocycles. The number of ether oxygens (including phenoxy) is 2. The molecule has 0 saturated carbocycles. The molecule has 3 rings (SSSR count). The fraction of sp³-hybridized carbons (Fsp3) is 0.143. The molecule has 0 atom stereocenters. The van der Waals surface area contributed by atoms with Gasteiger partial charge in [0.2, 0.25) is 0 Å². The molecule has 0 fully saturated rings. The molecule has 2 aromatic carbocycles. The highest BCUT2D eigenvalue weighted by Crippen LogP contribution is 2.28. The summed E-state index contributed by atoms with van der Waals surface area (Å²) < 4.78 is 41.3. The maximum absolute atomic E-state index is 12.7. The summed E-state index contributed by atoms with van der Waals surface area (Å²) in [6.45, 7) is 1.64. The fourth-order valence-corrected chi connectivity index (χ4v) is 4.01. The smallest absolute Gasteiger partial charge is 0.291 e. The molecule has 1 amide bonds. The van der Waals surface area contributed by atoms with E-state index in [1.807, 2.05) is 0 Å². The number of anilines is 1. The zero-order chi connectivity index (χ0) is 23.3. The van der Waals surface area contributed by atoms with Crippen molar-refractivity contribution in [2.75, 3.05) is 19.5 Å². The van der Waals surface area contributed by atoms with E-state index in [0.717, 1.165) is 0 Å². The van der Waals surface area contributed by atoms with Crippen molar-refractivity contribution in [3.63, 3.8) is 0 Å². The van der Waals surface area contributed by atoms with Crippen LogP contribution in [0.15, 0.2) is 73.7 Å². The monoisotopic (exact) mass is 521 g/mol. The Labute approximate surface area is 193 Å². The van der Waals surface area contributed by atoms with Gasteiger partial charge in [-0.2, -0.15) is 18.4 Å². The molecule has 0 unspecified atom stereocenters. The Kier molecular flexibility index (Phi) is 7.21. The van der Waals surface area contributed by atoms with Gasteiger partial charge in [-0.25, -0.2) is 0 Å². The molecule has 3 aromatic rings. The number of furan rings is 1. The predicted molar refractivity (Wildman–Crippen MR) is 123 cm³/mol. The summed E-state index contributed by atoms with van der Waals surface area (Å²) in [5.41, 5.74) is 1.49. The number of nitrogens with zero attached hydrogens (tertiary/aromatic N) is 1. The van der Waals surface area contributed by atoms with Gasteiger partial charge in [0.1, 0.15) is 16.4 Å². The predicted octanol–water partition coefficient (Wildman–Crippen LogP) is 4.01. The number of hydrogen-bond acceptors (Lipinski definition) is 7. The highest BCUT2D eigenvalue weighted by molar-refractivity contribution is 9.10. The van der Waals surface area contributed by atoms with E-state index in [-0.39, 0.29) is 16.4 Å². The molecule has 168 valence electrons. The number of hydrazone groups is 1. The molecule has 2 N–H and O–H groups in total. The Hall–Kier alpha value is -3.31. The first-order valence-corrected chi connectivity index (χ1v) is 11.5. The zero-order valence-electron chi connectivity index (χ0n) is 17.4. The number of amides is 1. The molecule has 0 bridgehead atoms. The standard InChI is InChI=1S/C21H20BrN3O6S/c1-13(24-25-32(27,28)19-9-7-16(29-2)12-18(19)30-3)14-5-4-6-15(11-14)23-21(26)17-8-10-20(22)31-17/h4-12,25H,1-3H3,(H,23,26)/b24-13+. The van der Waals surface area contributed by atoms with E-state index >= 15 is 0 Å². The minimum atomic E-state index is -4.00. The van der Waals surface area contributed by atoms with Crippen LogP contribution in [0, 0.1) is 0 Å². The first-order chi connectivity index (χ1) is 15.2. The Morgan fingerprint density at radius 3 is 2.50 bits per heavy atom. The van der Waals surface area contributed by atoms with Gasteiger partial charge in [-0.15, -0.1) is 0 Å². The van der Waals surface area contributed by atoms with Crippen molar-refractivity contribution >= 4 is 43.3 Å². The van der Waals surface area contributed by atoms with Gasteiger partial charge >= 0.3 is 0 Å². The van der Waals surface area contributed by atoms with Crippen molar-refractivity contribution in [1.29, 1.82) is 0 Å². The maximum atomic E-state index is 12.7. The Balaban J connectivity index is 1.77. The van der Waals surface area contributed by atoms with Crippen molar-refractivity contribution in [1.82, 2.24) is 4.83 Å². The van der Waals surface area contributed by atoms with Crippen LogP contribution in [-0.2, 0) is 10.0 Å². The lowest BCUT2D eigenvalue weighted by Crippen LogP contribution is -2.20. The first kappa shape index (κ1) is 23.4. The number of carbonyl (C=O) groups is 1. The molecule has 11 heteroatoms. The summed E-state index contributed by atoms with van der Waals surface area (Å²) in [4.78, 5) is 14.4. The van der Waals surface area contributed by atoms with E-state index in [4.69, 9.17) is 13.9 Å². The minimum Gasteiger partial charge on any atom is -0.497 e. The second-order valence-electron chi connectivity index (χ2n) is 6.45. The van der Waals surface area contributed by atoms with Gasteiger partial charge in [0.05, 0.1) is 19.9 Å². The molecule has 0 radical (unpaired) electrons. The summed E-state index contributed by atoms with van der Waals surface area (Å²) >= 11 is 3.15. The first-order valence-electron chi connectivity index (χ1n) is 9.18. The number of nitrogens with one attached hydrogen (secondary N) is 2. The number of sulfonamides is 1. The number of methoxy groups -OCH3 is 2. The largest absolute Gasteiger partial charge is 0.497 e. The van der Waals surface area contributed by atoms with E-state index in [9.17, 15) is 13.2 Å². The lowest BCUT2D eigenvalue weighted by molar-refractivity contribution is 0.0995. The third-order valence-corrected chi connectivity index (χ3v) is 6.00. The lowest BCUT2D eigenvalue weighted by Gasteiger charge is -2.11. The van der Waals surface area contributed by atoms with E-state index < -0.39 is 15.9 Å². The van der Waals surface area contributed by atoms with Crippen molar-refractivity contribution in [3.05, 3.63) is 70.6 Å². The molecular formula is C21H20BrN3O6S. The molecule has 0 aliphatic rings. The third kappa shape index (κ3) is 5.48. The third-order valence-electron chi connectivity index (χ3n) is 4.33. The van der Waals surface area contributed by atoms with Crippen LogP contribution in [0.25, 0.3) is 0 Å². The van der Waals surface area contributed by atoms with Crippen LogP contribution < -0.4 is 19.6 Å². The second kappa shape index (κ2) is 9.88. The Morgan fingerprint density at radius 1 is 1.06 bits per heavy atom. The van der Waals surface area contributed by atoms with Crippen molar-refractivity contribution < 1.29 is 27.1 Å². The number of carbonyl (C=O) groups excluding carboxylic acids is 1. The summed E-state index contributed by atoms with van der Waals surface area (Å²) in [5.74, 6) is 0.309. The summed E-state index contributed by atoms with van der Waals surface area (Å²) in [5, 5.41) is 6.71. The minimum absolute atomic E-state index is 0.0806. The number of halogens is 1. The average Bonchev–Trinajstić information content (AvgIpc) is 3.23. The van der Waals surface area contributed by atoms with Crippen molar-refractivity contribution in [2.45, 2.75) is 11.8 Å². The normalized spacial score (nSPS) is 11.7. The van der Waals surface area contributed by atoms with Crippen LogP contribution in [0.3, 0.4) is 0 Å². The van der Waals surface area contributed by atoms with Crippen molar-refractivity contribution in [3.8, 4) is 11.5 Å². The zero-order valence-corrected chi connectivity index (χ0v) is 19.8. The van der Waals surface area contributed by atoms with Gasteiger partial charge in [0.25, 0.3) is 15.9 Å². The van der Waals surface area contributed by atoms with Gasteiger partial charge in [0.15, 0.2) is 10.4 Å². The Morgan fingerprint density at radius 2 is 1.84 bits per heavy atom. The highest BCUT2D eigenvalue weighted by Gasteiger charge is 2.20. The summed E-state index contributed by atoms with van der Waals surface area (Å²) in [6.07, 6.45) is 0. The summed E-state index contributed by atoms with van der Waals surface area (Å²) in [6, 6.07) is 14.3. The summed E-state index contributed by atoms with van der Waals surface area (Å²) in [7, 11) is -1.16. The maximum Gasteiger partial charge on any atom is 0.291 e. The average molecular weight is 522 g/mol. The van der Waals surface area contributed by atoms with Crippen LogP contribution in [0.4, 0.5) is 5.69 Å². The van der Waals surface area contributed by atoms with Gasteiger partial charge in [-0.3, -0.25) is 4.79 Å². The van der Waals surface area contributed by atoms with Gasteiger partial charge < -0.3 is 19.2 Å². The molecule has 1 aromatic heterocycles. The SMILES string of the molecule is COc1ccc(S(=O)(=O)N/N=C(\C)c2cccc(NC(=O)c3ccc(Br)o3)c2)c(OC)c1. The number of hydrogen-bond donors (Lipinski definition) is 2. The molecule has 9 nitrogen and oxygen atoms in total. The molecule has 0 aliphatic carbocycles. The number of benzene rings is 2. The van der Waals surface area contributed by atoms with Crippen LogP contribution in [0.5, 0.6) is 11.5 Å². The van der Waals surface area contributed by atoms with Crippen LogP contribution in [0.1, 0.15) is 23.0 Å². The molecule has 1 heterocycles. The van der Waals surface area contributed by atoms with E-state index in [2.05, 4.69) is 31.2 Å². The highest BCUT2D eigenvalue weighted by atomic mass is 79.9.